The maximum absolute atomic E-state index is 12.1. The number of aryl methyl sites for hydroxylation is 3. The Morgan fingerprint density at radius 1 is 1.32 bits per heavy atom. The van der Waals surface area contributed by atoms with Crippen LogP contribution in [-0.2, 0) is 17.9 Å². The zero-order valence-corrected chi connectivity index (χ0v) is 13.8. The van der Waals surface area contributed by atoms with Crippen LogP contribution in [0, 0.1) is 13.8 Å². The molecule has 0 aliphatic heterocycles. The van der Waals surface area contributed by atoms with Crippen LogP contribution in [0.15, 0.2) is 30.6 Å². The lowest BCUT2D eigenvalue weighted by atomic mass is 10.1. The number of amides is 1. The van der Waals surface area contributed by atoms with Gasteiger partial charge in [0.25, 0.3) is 0 Å². The largest absolute Gasteiger partial charge is 0.325 e. The van der Waals surface area contributed by atoms with Gasteiger partial charge in [0.05, 0.1) is 12.7 Å². The Hall–Kier alpha value is -2.14. The lowest BCUT2D eigenvalue weighted by molar-refractivity contribution is -0.117. The second-order valence-corrected chi connectivity index (χ2v) is 5.72. The first-order chi connectivity index (χ1) is 10.5. The summed E-state index contributed by atoms with van der Waals surface area (Å²) in [6.45, 7) is 8.08. The second kappa shape index (κ2) is 7.22. The van der Waals surface area contributed by atoms with E-state index in [9.17, 15) is 4.79 Å². The fourth-order valence-electron chi connectivity index (χ4n) is 2.29. The number of aromatic nitrogens is 2. The Morgan fingerprint density at radius 3 is 2.73 bits per heavy atom. The summed E-state index contributed by atoms with van der Waals surface area (Å²) in [4.78, 5) is 14.1. The number of likely N-dealkylation sites (N-methyl/N-ethyl adjacent to an activating group) is 1. The van der Waals surface area contributed by atoms with Crippen molar-refractivity contribution in [2.24, 2.45) is 0 Å². The summed E-state index contributed by atoms with van der Waals surface area (Å²) in [5, 5.41) is 7.18. The summed E-state index contributed by atoms with van der Waals surface area (Å²) in [5.41, 5.74) is 4.37. The van der Waals surface area contributed by atoms with Gasteiger partial charge in [-0.05, 0) is 51.1 Å². The van der Waals surface area contributed by atoms with Gasteiger partial charge in [0.15, 0.2) is 0 Å². The van der Waals surface area contributed by atoms with Crippen molar-refractivity contribution in [2.75, 3.05) is 18.9 Å². The van der Waals surface area contributed by atoms with E-state index in [0.717, 1.165) is 17.8 Å². The molecule has 0 spiro atoms. The third-order valence-electron chi connectivity index (χ3n) is 3.67. The minimum absolute atomic E-state index is 0.00589. The van der Waals surface area contributed by atoms with Gasteiger partial charge in [-0.1, -0.05) is 6.07 Å². The van der Waals surface area contributed by atoms with Gasteiger partial charge in [0, 0.05) is 30.5 Å². The van der Waals surface area contributed by atoms with Crippen LogP contribution >= 0.6 is 0 Å². The average Bonchev–Trinajstić information content (AvgIpc) is 2.90. The van der Waals surface area contributed by atoms with Gasteiger partial charge in [0.2, 0.25) is 5.91 Å². The highest BCUT2D eigenvalue weighted by atomic mass is 16.2. The third-order valence-corrected chi connectivity index (χ3v) is 3.67. The van der Waals surface area contributed by atoms with E-state index in [4.69, 9.17) is 0 Å². The molecule has 0 unspecified atom stereocenters. The number of carbonyl (C=O) groups is 1. The molecule has 0 saturated heterocycles. The number of rotatable bonds is 6. The number of nitrogens with zero attached hydrogens (tertiary/aromatic N) is 3. The van der Waals surface area contributed by atoms with Crippen molar-refractivity contribution in [3.8, 4) is 0 Å². The highest BCUT2D eigenvalue weighted by Crippen LogP contribution is 2.14. The maximum Gasteiger partial charge on any atom is 0.238 e. The van der Waals surface area contributed by atoms with Crippen molar-refractivity contribution in [2.45, 2.75) is 33.9 Å². The molecule has 5 heteroatoms. The van der Waals surface area contributed by atoms with Crippen LogP contribution in [-0.4, -0.2) is 34.2 Å². The van der Waals surface area contributed by atoms with Gasteiger partial charge in [-0.25, -0.2) is 0 Å². The lowest BCUT2D eigenvalue weighted by Crippen LogP contribution is -2.29. The molecular formula is C17H24N4O. The quantitative estimate of drug-likeness (QED) is 0.892. The zero-order chi connectivity index (χ0) is 16.1. The SMILES string of the molecule is CCn1cc(CN(C)CC(=O)Nc2ccc(C)c(C)c2)cn1. The predicted molar refractivity (Wildman–Crippen MR) is 88.8 cm³/mol. The summed E-state index contributed by atoms with van der Waals surface area (Å²) >= 11 is 0. The van der Waals surface area contributed by atoms with Crippen LogP contribution in [0.25, 0.3) is 0 Å². The molecule has 0 fully saturated rings. The minimum atomic E-state index is -0.00589. The molecule has 0 aliphatic rings. The molecule has 0 radical (unpaired) electrons. The summed E-state index contributed by atoms with van der Waals surface area (Å²) in [7, 11) is 1.93. The summed E-state index contributed by atoms with van der Waals surface area (Å²) in [5.74, 6) is -0.00589. The lowest BCUT2D eigenvalue weighted by Gasteiger charge is -2.15. The monoisotopic (exact) mass is 300 g/mol. The van der Waals surface area contributed by atoms with Crippen LogP contribution in [0.1, 0.15) is 23.6 Å². The smallest absolute Gasteiger partial charge is 0.238 e. The van der Waals surface area contributed by atoms with E-state index in [1.807, 2.05) is 54.1 Å². The number of benzene rings is 1. The molecular weight excluding hydrogens is 276 g/mol. The molecule has 2 rings (SSSR count). The number of nitrogens with one attached hydrogen (secondary N) is 1. The third kappa shape index (κ3) is 4.43. The molecule has 1 aromatic heterocycles. The maximum atomic E-state index is 12.1. The molecule has 2 aromatic rings. The minimum Gasteiger partial charge on any atom is -0.325 e. The molecule has 1 amide bonds. The van der Waals surface area contributed by atoms with E-state index in [-0.39, 0.29) is 5.91 Å². The molecule has 22 heavy (non-hydrogen) atoms. The first-order valence-corrected chi connectivity index (χ1v) is 7.55. The molecule has 0 atom stereocenters. The Labute approximate surface area is 131 Å². The van der Waals surface area contributed by atoms with E-state index < -0.39 is 0 Å². The van der Waals surface area contributed by atoms with Crippen molar-refractivity contribution in [3.05, 3.63) is 47.3 Å². The van der Waals surface area contributed by atoms with Gasteiger partial charge in [-0.2, -0.15) is 5.10 Å². The number of hydrogen-bond donors (Lipinski definition) is 1. The first kappa shape index (κ1) is 16.2. The van der Waals surface area contributed by atoms with Crippen LogP contribution < -0.4 is 5.32 Å². The van der Waals surface area contributed by atoms with Crippen LogP contribution in [0.4, 0.5) is 5.69 Å². The van der Waals surface area contributed by atoms with Gasteiger partial charge < -0.3 is 5.32 Å². The molecule has 0 aliphatic carbocycles. The average molecular weight is 300 g/mol. The number of anilines is 1. The highest BCUT2D eigenvalue weighted by molar-refractivity contribution is 5.92. The van der Waals surface area contributed by atoms with Crippen molar-refractivity contribution < 1.29 is 4.79 Å². The van der Waals surface area contributed by atoms with Crippen LogP contribution in [0.3, 0.4) is 0 Å². The summed E-state index contributed by atoms with van der Waals surface area (Å²) < 4.78 is 1.89. The van der Waals surface area contributed by atoms with Crippen LogP contribution in [0.5, 0.6) is 0 Å². The van der Waals surface area contributed by atoms with Crippen molar-refractivity contribution in [1.82, 2.24) is 14.7 Å². The van der Waals surface area contributed by atoms with E-state index >= 15 is 0 Å². The Morgan fingerprint density at radius 2 is 2.09 bits per heavy atom. The number of carbonyl (C=O) groups excluding carboxylic acids is 1. The van der Waals surface area contributed by atoms with Gasteiger partial charge in [-0.15, -0.1) is 0 Å². The fourth-order valence-corrected chi connectivity index (χ4v) is 2.29. The molecule has 0 saturated carbocycles. The van der Waals surface area contributed by atoms with E-state index in [2.05, 4.69) is 24.3 Å². The van der Waals surface area contributed by atoms with Gasteiger partial charge in [-0.3, -0.25) is 14.4 Å². The molecule has 0 bridgehead atoms. The Bertz CT molecular complexity index is 648. The van der Waals surface area contributed by atoms with E-state index in [0.29, 0.717) is 13.1 Å². The van der Waals surface area contributed by atoms with Crippen molar-refractivity contribution in [3.63, 3.8) is 0 Å². The van der Waals surface area contributed by atoms with Crippen molar-refractivity contribution >= 4 is 11.6 Å². The highest BCUT2D eigenvalue weighted by Gasteiger charge is 2.09. The molecule has 1 N–H and O–H groups in total. The second-order valence-electron chi connectivity index (χ2n) is 5.72. The van der Waals surface area contributed by atoms with Gasteiger partial charge in [0.1, 0.15) is 0 Å². The fraction of sp³-hybridized carbons (Fsp3) is 0.412. The zero-order valence-electron chi connectivity index (χ0n) is 13.8. The topological polar surface area (TPSA) is 50.2 Å². The van der Waals surface area contributed by atoms with Crippen molar-refractivity contribution in [1.29, 1.82) is 0 Å². The predicted octanol–water partition coefficient (Wildman–Crippen LogP) is 2.59. The Balaban J connectivity index is 1.86. The number of hydrogen-bond acceptors (Lipinski definition) is 3. The van der Waals surface area contributed by atoms with E-state index in [1.54, 1.807) is 0 Å². The normalized spacial score (nSPS) is 11.0. The van der Waals surface area contributed by atoms with E-state index in [1.165, 1.54) is 11.1 Å². The Kier molecular flexibility index (Phi) is 5.33. The molecule has 1 aromatic carbocycles. The molecule has 5 nitrogen and oxygen atoms in total. The summed E-state index contributed by atoms with van der Waals surface area (Å²) in [6, 6.07) is 5.96. The van der Waals surface area contributed by atoms with Gasteiger partial charge >= 0.3 is 0 Å². The molecule has 1 heterocycles. The van der Waals surface area contributed by atoms with Crippen LogP contribution in [0.2, 0.25) is 0 Å². The first-order valence-electron chi connectivity index (χ1n) is 7.55. The summed E-state index contributed by atoms with van der Waals surface area (Å²) in [6.07, 6.45) is 3.86. The molecule has 118 valence electrons. The standard InChI is InChI=1S/C17H24N4O/c1-5-21-11-15(9-18-21)10-20(4)12-17(22)19-16-7-6-13(2)14(3)8-16/h6-9,11H,5,10,12H2,1-4H3,(H,19,22).